The maximum absolute atomic E-state index is 12.3. The molecule has 1 N–H and O–H groups in total. The van der Waals surface area contributed by atoms with E-state index in [9.17, 15) is 9.59 Å². The molecule has 1 amide bonds. The molecule has 6 nitrogen and oxygen atoms in total. The van der Waals surface area contributed by atoms with Gasteiger partial charge in [-0.05, 0) is 44.0 Å². The number of carboxylic acids is 1. The first-order valence-electron chi connectivity index (χ1n) is 7.89. The van der Waals surface area contributed by atoms with E-state index in [1.54, 1.807) is 36.1 Å². The Hall–Kier alpha value is -2.24. The highest BCUT2D eigenvalue weighted by Crippen LogP contribution is 2.28. The van der Waals surface area contributed by atoms with E-state index in [-0.39, 0.29) is 25.1 Å². The molecule has 1 fully saturated rings. The second-order valence-corrected chi connectivity index (χ2v) is 5.71. The summed E-state index contributed by atoms with van der Waals surface area (Å²) in [4.78, 5) is 24.9. The van der Waals surface area contributed by atoms with E-state index in [4.69, 9.17) is 14.6 Å². The van der Waals surface area contributed by atoms with Crippen molar-refractivity contribution in [3.05, 3.63) is 24.3 Å². The molecule has 1 atom stereocenters. The lowest BCUT2D eigenvalue weighted by Crippen LogP contribution is -2.41. The Labute approximate surface area is 136 Å². The number of rotatable bonds is 9. The van der Waals surface area contributed by atoms with Crippen molar-refractivity contribution < 1.29 is 24.2 Å². The SMILES string of the molecule is CCOc1ccc(OCC(=O)N(CC(C)C(=O)O)C2CC2)cc1. The Morgan fingerprint density at radius 3 is 2.26 bits per heavy atom. The molecular weight excluding hydrogens is 298 g/mol. The van der Waals surface area contributed by atoms with Crippen LogP contribution in [0.3, 0.4) is 0 Å². The topological polar surface area (TPSA) is 76.1 Å². The van der Waals surface area contributed by atoms with Gasteiger partial charge in [-0.3, -0.25) is 9.59 Å². The van der Waals surface area contributed by atoms with Gasteiger partial charge in [0.25, 0.3) is 5.91 Å². The number of aliphatic carboxylic acids is 1. The second kappa shape index (κ2) is 7.85. The van der Waals surface area contributed by atoms with Crippen molar-refractivity contribution in [2.75, 3.05) is 19.8 Å². The standard InChI is InChI=1S/C17H23NO5/c1-3-22-14-6-8-15(9-7-14)23-11-16(19)18(13-4-5-13)10-12(2)17(20)21/h6-9,12-13H,3-5,10-11H2,1-2H3,(H,20,21). The average molecular weight is 321 g/mol. The van der Waals surface area contributed by atoms with Gasteiger partial charge in [0.2, 0.25) is 0 Å². The number of carbonyl (C=O) groups excluding carboxylic acids is 1. The molecule has 2 rings (SSSR count). The first kappa shape index (κ1) is 17.1. The number of hydrogen-bond acceptors (Lipinski definition) is 4. The van der Waals surface area contributed by atoms with Crippen molar-refractivity contribution in [2.24, 2.45) is 5.92 Å². The minimum Gasteiger partial charge on any atom is -0.494 e. The van der Waals surface area contributed by atoms with Gasteiger partial charge in [-0.1, -0.05) is 6.92 Å². The molecule has 1 aliphatic carbocycles. The number of hydrogen-bond donors (Lipinski definition) is 1. The van der Waals surface area contributed by atoms with Crippen LogP contribution in [0.4, 0.5) is 0 Å². The third-order valence-electron chi connectivity index (χ3n) is 3.70. The number of nitrogens with zero attached hydrogens (tertiary/aromatic N) is 1. The van der Waals surface area contributed by atoms with Gasteiger partial charge in [-0.15, -0.1) is 0 Å². The van der Waals surface area contributed by atoms with Gasteiger partial charge in [0, 0.05) is 12.6 Å². The Morgan fingerprint density at radius 1 is 1.22 bits per heavy atom. The number of ether oxygens (including phenoxy) is 2. The van der Waals surface area contributed by atoms with Crippen molar-refractivity contribution in [2.45, 2.75) is 32.7 Å². The highest BCUT2D eigenvalue weighted by atomic mass is 16.5. The first-order chi connectivity index (χ1) is 11.0. The molecule has 0 bridgehead atoms. The van der Waals surface area contributed by atoms with Crippen LogP contribution in [-0.2, 0) is 9.59 Å². The van der Waals surface area contributed by atoms with Gasteiger partial charge in [0.05, 0.1) is 12.5 Å². The minimum absolute atomic E-state index is 0.0865. The summed E-state index contributed by atoms with van der Waals surface area (Å²) in [7, 11) is 0. The van der Waals surface area contributed by atoms with Gasteiger partial charge >= 0.3 is 5.97 Å². The Bertz CT molecular complexity index is 538. The van der Waals surface area contributed by atoms with E-state index in [0.29, 0.717) is 12.4 Å². The zero-order valence-electron chi connectivity index (χ0n) is 13.5. The fourth-order valence-corrected chi connectivity index (χ4v) is 2.24. The maximum atomic E-state index is 12.3. The lowest BCUT2D eigenvalue weighted by molar-refractivity contribution is -0.143. The summed E-state index contributed by atoms with van der Waals surface area (Å²) in [6.45, 7) is 4.26. The van der Waals surface area contributed by atoms with Crippen LogP contribution in [0.25, 0.3) is 0 Å². The average Bonchev–Trinajstić information content (AvgIpc) is 3.36. The van der Waals surface area contributed by atoms with Crippen LogP contribution in [0.2, 0.25) is 0 Å². The van der Waals surface area contributed by atoms with Crippen molar-refractivity contribution in [3.63, 3.8) is 0 Å². The lowest BCUT2D eigenvalue weighted by atomic mass is 10.1. The first-order valence-corrected chi connectivity index (χ1v) is 7.89. The zero-order chi connectivity index (χ0) is 16.8. The van der Waals surface area contributed by atoms with Gasteiger partial charge < -0.3 is 19.5 Å². The number of amides is 1. The molecule has 1 aromatic carbocycles. The molecule has 0 saturated heterocycles. The summed E-state index contributed by atoms with van der Waals surface area (Å²) < 4.78 is 10.9. The molecule has 0 aromatic heterocycles. The largest absolute Gasteiger partial charge is 0.494 e. The molecule has 1 aliphatic rings. The molecule has 0 heterocycles. The molecular formula is C17H23NO5. The smallest absolute Gasteiger partial charge is 0.308 e. The van der Waals surface area contributed by atoms with Crippen molar-refractivity contribution >= 4 is 11.9 Å². The van der Waals surface area contributed by atoms with Crippen LogP contribution < -0.4 is 9.47 Å². The summed E-state index contributed by atoms with van der Waals surface area (Å²) >= 11 is 0. The van der Waals surface area contributed by atoms with Crippen molar-refractivity contribution in [3.8, 4) is 11.5 Å². The molecule has 0 radical (unpaired) electrons. The summed E-state index contributed by atoms with van der Waals surface area (Å²) in [5, 5.41) is 9.01. The quantitative estimate of drug-likeness (QED) is 0.754. The van der Waals surface area contributed by atoms with Crippen LogP contribution in [0, 0.1) is 5.92 Å². The minimum atomic E-state index is -0.893. The fraction of sp³-hybridized carbons (Fsp3) is 0.529. The molecule has 0 aliphatic heterocycles. The molecule has 1 saturated carbocycles. The Balaban J connectivity index is 1.87. The van der Waals surface area contributed by atoms with E-state index in [0.717, 1.165) is 18.6 Å². The van der Waals surface area contributed by atoms with Crippen LogP contribution >= 0.6 is 0 Å². The van der Waals surface area contributed by atoms with E-state index < -0.39 is 11.9 Å². The predicted octanol–water partition coefficient (Wildman–Crippen LogP) is 2.18. The van der Waals surface area contributed by atoms with Crippen LogP contribution in [0.1, 0.15) is 26.7 Å². The summed E-state index contributed by atoms with van der Waals surface area (Å²) in [5.74, 6) is -0.305. The third kappa shape index (κ3) is 5.16. The van der Waals surface area contributed by atoms with Crippen LogP contribution in [0.15, 0.2) is 24.3 Å². The van der Waals surface area contributed by atoms with E-state index in [2.05, 4.69) is 0 Å². The van der Waals surface area contributed by atoms with Crippen molar-refractivity contribution in [1.29, 1.82) is 0 Å². The Morgan fingerprint density at radius 2 is 1.78 bits per heavy atom. The van der Waals surface area contributed by atoms with Crippen LogP contribution in [-0.4, -0.2) is 47.7 Å². The lowest BCUT2D eigenvalue weighted by Gasteiger charge is -2.24. The number of benzene rings is 1. The molecule has 1 aromatic rings. The molecule has 23 heavy (non-hydrogen) atoms. The molecule has 1 unspecified atom stereocenters. The summed E-state index contributed by atoms with van der Waals surface area (Å²) in [5.41, 5.74) is 0. The van der Waals surface area contributed by atoms with Crippen molar-refractivity contribution in [1.82, 2.24) is 4.90 Å². The zero-order valence-corrected chi connectivity index (χ0v) is 13.5. The highest BCUT2D eigenvalue weighted by molar-refractivity contribution is 5.79. The maximum Gasteiger partial charge on any atom is 0.308 e. The molecule has 126 valence electrons. The van der Waals surface area contributed by atoms with E-state index >= 15 is 0 Å². The van der Waals surface area contributed by atoms with Gasteiger partial charge in [-0.25, -0.2) is 0 Å². The number of carboxylic acid groups (broad SMARTS) is 1. The Kier molecular flexibility index (Phi) is 5.84. The highest BCUT2D eigenvalue weighted by Gasteiger charge is 2.34. The molecule has 0 spiro atoms. The van der Waals surface area contributed by atoms with Crippen LogP contribution in [0.5, 0.6) is 11.5 Å². The monoisotopic (exact) mass is 321 g/mol. The fourth-order valence-electron chi connectivity index (χ4n) is 2.24. The molecule has 6 heteroatoms. The number of carbonyl (C=O) groups is 2. The predicted molar refractivity (Wildman–Crippen MR) is 84.6 cm³/mol. The van der Waals surface area contributed by atoms with Gasteiger partial charge in [-0.2, -0.15) is 0 Å². The summed E-state index contributed by atoms with van der Waals surface area (Å²) in [6.07, 6.45) is 1.86. The normalized spacial score (nSPS) is 14.9. The third-order valence-corrected chi connectivity index (χ3v) is 3.70. The summed E-state index contributed by atoms with van der Waals surface area (Å²) in [6, 6.07) is 7.23. The van der Waals surface area contributed by atoms with Gasteiger partial charge in [0.1, 0.15) is 11.5 Å². The van der Waals surface area contributed by atoms with E-state index in [1.807, 2.05) is 6.92 Å². The van der Waals surface area contributed by atoms with Gasteiger partial charge in [0.15, 0.2) is 6.61 Å². The second-order valence-electron chi connectivity index (χ2n) is 5.71. The van der Waals surface area contributed by atoms with E-state index in [1.165, 1.54) is 0 Å².